The van der Waals surface area contributed by atoms with Gasteiger partial charge in [-0.2, -0.15) is 0 Å². The molecule has 68 valence electrons. The molecule has 1 N–H and O–H groups in total. The van der Waals surface area contributed by atoms with Gasteiger partial charge in [0.2, 0.25) is 11.8 Å². The number of rotatable bonds is 1. The van der Waals surface area contributed by atoms with Crippen LogP contribution < -0.4 is 5.32 Å². The van der Waals surface area contributed by atoms with Crippen molar-refractivity contribution in [3.63, 3.8) is 0 Å². The minimum absolute atomic E-state index is 0.0238. The minimum atomic E-state index is -1.27. The molecule has 1 aliphatic rings. The third-order valence-electron chi connectivity index (χ3n) is 1.70. The summed E-state index contributed by atoms with van der Waals surface area (Å²) >= 11 is 0. The van der Waals surface area contributed by atoms with Crippen molar-refractivity contribution in [2.24, 2.45) is 0 Å². The highest BCUT2D eigenvalue weighted by Gasteiger charge is 2.32. The van der Waals surface area contributed by atoms with Crippen LogP contribution in [-0.4, -0.2) is 39.2 Å². The number of hydrogen-bond donors (Lipinski definition) is 1. The van der Waals surface area contributed by atoms with Crippen LogP contribution in [0.1, 0.15) is 6.92 Å². The van der Waals surface area contributed by atoms with Crippen LogP contribution in [-0.2, 0) is 20.6 Å². The fraction of sp³-hybridized carbons (Fsp3) is 0.667. The molecule has 0 aromatic carbocycles. The second-order valence-corrected chi connectivity index (χ2v) is 3.90. The third kappa shape index (κ3) is 1.70. The van der Waals surface area contributed by atoms with Gasteiger partial charge in [-0.25, -0.2) is 8.51 Å². The average Bonchev–Trinajstić information content (AvgIpc) is 1.96. The summed E-state index contributed by atoms with van der Waals surface area (Å²) in [5.41, 5.74) is 0. The number of piperazine rings is 1. The molecule has 1 heterocycles. The van der Waals surface area contributed by atoms with Gasteiger partial charge in [0, 0.05) is 6.26 Å². The van der Waals surface area contributed by atoms with Crippen LogP contribution in [0.2, 0.25) is 0 Å². The van der Waals surface area contributed by atoms with Crippen LogP contribution in [0.15, 0.2) is 0 Å². The van der Waals surface area contributed by atoms with Gasteiger partial charge in [0.25, 0.3) is 0 Å². The Morgan fingerprint density at radius 3 is 2.67 bits per heavy atom. The van der Waals surface area contributed by atoms with Gasteiger partial charge in [-0.05, 0) is 6.92 Å². The van der Waals surface area contributed by atoms with Crippen molar-refractivity contribution in [1.82, 2.24) is 9.62 Å². The molecule has 2 unspecified atom stereocenters. The second-order valence-electron chi connectivity index (χ2n) is 2.59. The maximum Gasteiger partial charge on any atom is 0.244 e. The van der Waals surface area contributed by atoms with Crippen LogP contribution in [0.5, 0.6) is 0 Å². The summed E-state index contributed by atoms with van der Waals surface area (Å²) in [6, 6.07) is -0.492. The second kappa shape index (κ2) is 3.32. The van der Waals surface area contributed by atoms with Gasteiger partial charge in [-0.1, -0.05) is 0 Å². The maximum atomic E-state index is 11.0. The number of carbonyl (C=O) groups is 2. The normalized spacial score (nSPS) is 28.3. The molecule has 5 nitrogen and oxygen atoms in total. The lowest BCUT2D eigenvalue weighted by Gasteiger charge is -2.28. The van der Waals surface area contributed by atoms with Crippen LogP contribution in [0, 0.1) is 0 Å². The first-order chi connectivity index (χ1) is 5.52. The summed E-state index contributed by atoms with van der Waals surface area (Å²) in [6.07, 6.45) is 1.45. The molecule has 2 amide bonds. The average molecular weight is 190 g/mol. The number of nitrogens with zero attached hydrogens (tertiary/aromatic N) is 1. The lowest BCUT2D eigenvalue weighted by molar-refractivity contribution is -0.136. The number of nitrogens with one attached hydrogen (secondary N) is 1. The Hall–Kier alpha value is -0.750. The van der Waals surface area contributed by atoms with E-state index in [1.165, 1.54) is 10.6 Å². The summed E-state index contributed by atoms with van der Waals surface area (Å²) in [5.74, 6) is -0.783. The lowest BCUT2D eigenvalue weighted by atomic mass is 10.2. The standard InChI is InChI=1S/C6H10N2O3S/c1-4-6(10)7-5(9)3-8(4)12(2)11/h4H,3H2,1-2H3,(H,7,9,10). The Bertz CT molecular complexity index is 253. The Labute approximate surface area is 72.7 Å². The Morgan fingerprint density at radius 2 is 2.17 bits per heavy atom. The summed E-state index contributed by atoms with van der Waals surface area (Å²) in [6.45, 7) is 1.64. The zero-order valence-electron chi connectivity index (χ0n) is 6.86. The third-order valence-corrected chi connectivity index (χ3v) is 2.81. The van der Waals surface area contributed by atoms with E-state index in [1.54, 1.807) is 6.92 Å². The minimum Gasteiger partial charge on any atom is -0.294 e. The molecular weight excluding hydrogens is 180 g/mol. The lowest BCUT2D eigenvalue weighted by Crippen LogP contribution is -2.56. The van der Waals surface area contributed by atoms with Gasteiger partial charge >= 0.3 is 0 Å². The first-order valence-electron chi connectivity index (χ1n) is 3.46. The van der Waals surface area contributed by atoms with Gasteiger partial charge in [0.1, 0.15) is 0 Å². The van der Waals surface area contributed by atoms with E-state index >= 15 is 0 Å². The quantitative estimate of drug-likeness (QED) is 0.519. The number of imide groups is 1. The van der Waals surface area contributed by atoms with Gasteiger partial charge < -0.3 is 0 Å². The first kappa shape index (κ1) is 9.34. The SMILES string of the molecule is CC1C(=O)NC(=O)CN1S(C)=O. The zero-order chi connectivity index (χ0) is 9.30. The zero-order valence-corrected chi connectivity index (χ0v) is 7.68. The van der Waals surface area contributed by atoms with E-state index in [1.807, 2.05) is 0 Å². The van der Waals surface area contributed by atoms with Crippen molar-refractivity contribution in [3.8, 4) is 0 Å². The monoisotopic (exact) mass is 190 g/mol. The predicted octanol–water partition coefficient (Wildman–Crippen LogP) is -1.37. The van der Waals surface area contributed by atoms with Gasteiger partial charge in [-0.3, -0.25) is 14.9 Å². The fourth-order valence-corrected chi connectivity index (χ4v) is 1.84. The number of amides is 2. The van der Waals surface area contributed by atoms with E-state index in [4.69, 9.17) is 0 Å². The molecule has 0 aromatic rings. The molecule has 1 rings (SSSR count). The van der Waals surface area contributed by atoms with Crippen LogP contribution in [0.3, 0.4) is 0 Å². The van der Waals surface area contributed by atoms with Crippen molar-refractivity contribution in [1.29, 1.82) is 0 Å². The molecule has 0 bridgehead atoms. The Kier molecular flexibility index (Phi) is 2.58. The summed E-state index contributed by atoms with van der Waals surface area (Å²) < 4.78 is 12.4. The van der Waals surface area contributed by atoms with Crippen molar-refractivity contribution in [2.75, 3.05) is 12.8 Å². The molecule has 0 aliphatic carbocycles. The molecule has 1 saturated heterocycles. The summed E-state index contributed by atoms with van der Waals surface area (Å²) in [4.78, 5) is 21.8. The molecule has 12 heavy (non-hydrogen) atoms. The molecule has 2 atom stereocenters. The topological polar surface area (TPSA) is 66.5 Å². The van der Waals surface area contributed by atoms with Crippen molar-refractivity contribution >= 4 is 22.8 Å². The highest BCUT2D eigenvalue weighted by molar-refractivity contribution is 7.81. The molecular formula is C6H10N2O3S. The summed E-state index contributed by atoms with van der Waals surface area (Å²) in [7, 11) is -1.27. The van der Waals surface area contributed by atoms with E-state index in [0.29, 0.717) is 0 Å². The molecule has 0 spiro atoms. The van der Waals surface area contributed by atoms with Gasteiger partial charge in [-0.15, -0.1) is 0 Å². The van der Waals surface area contributed by atoms with Gasteiger partial charge in [0.15, 0.2) is 0 Å². The van der Waals surface area contributed by atoms with E-state index in [2.05, 4.69) is 5.32 Å². The molecule has 0 aromatic heterocycles. The molecule has 0 saturated carbocycles. The largest absolute Gasteiger partial charge is 0.294 e. The van der Waals surface area contributed by atoms with E-state index in [-0.39, 0.29) is 12.5 Å². The number of hydrogen-bond acceptors (Lipinski definition) is 3. The fourth-order valence-electron chi connectivity index (χ4n) is 1.00. The first-order valence-corrected chi connectivity index (χ1v) is 4.97. The highest BCUT2D eigenvalue weighted by atomic mass is 32.2. The Morgan fingerprint density at radius 1 is 1.58 bits per heavy atom. The van der Waals surface area contributed by atoms with E-state index in [9.17, 15) is 13.8 Å². The molecule has 1 aliphatic heterocycles. The molecule has 1 fully saturated rings. The smallest absolute Gasteiger partial charge is 0.244 e. The van der Waals surface area contributed by atoms with Crippen LogP contribution in [0.25, 0.3) is 0 Å². The molecule has 0 radical (unpaired) electrons. The van der Waals surface area contributed by atoms with E-state index in [0.717, 1.165) is 0 Å². The summed E-state index contributed by atoms with van der Waals surface area (Å²) in [5, 5.41) is 2.16. The maximum absolute atomic E-state index is 11.0. The highest BCUT2D eigenvalue weighted by Crippen LogP contribution is 2.05. The van der Waals surface area contributed by atoms with Gasteiger partial charge in [0.05, 0.1) is 23.6 Å². The van der Waals surface area contributed by atoms with Crippen molar-refractivity contribution < 1.29 is 13.8 Å². The van der Waals surface area contributed by atoms with Crippen LogP contribution in [0.4, 0.5) is 0 Å². The van der Waals surface area contributed by atoms with Crippen molar-refractivity contribution in [2.45, 2.75) is 13.0 Å². The number of carbonyl (C=O) groups excluding carboxylic acids is 2. The van der Waals surface area contributed by atoms with Crippen molar-refractivity contribution in [3.05, 3.63) is 0 Å². The van der Waals surface area contributed by atoms with Crippen LogP contribution >= 0.6 is 0 Å². The predicted molar refractivity (Wildman–Crippen MR) is 43.4 cm³/mol. The van der Waals surface area contributed by atoms with E-state index < -0.39 is 22.9 Å². The molecule has 6 heteroatoms. The Balaban J connectivity index is 2.79.